The minimum absolute atomic E-state index is 0.00495. The van der Waals surface area contributed by atoms with Crippen LogP contribution in [0.2, 0.25) is 0 Å². The van der Waals surface area contributed by atoms with Crippen molar-refractivity contribution >= 4 is 94.7 Å². The molecule has 570 valence electrons. The molecule has 0 saturated heterocycles. The van der Waals surface area contributed by atoms with Gasteiger partial charge in [-0.25, -0.2) is 4.79 Å². The number of nitrogens with two attached hydrogens (primary N) is 5. The number of carboxylic acids is 1. The molecule has 0 aromatic carbocycles. The van der Waals surface area contributed by atoms with Gasteiger partial charge in [0, 0.05) is 13.1 Å². The highest BCUT2D eigenvalue weighted by Gasteiger charge is 2.39. The van der Waals surface area contributed by atoms with Gasteiger partial charge in [0.15, 0.2) is 11.9 Å². The van der Waals surface area contributed by atoms with Gasteiger partial charge in [-0.15, -0.1) is 0 Å². The fourth-order valence-corrected chi connectivity index (χ4v) is 9.66. The number of amides is 13. The minimum Gasteiger partial charge on any atom is -0.480 e. The molecule has 0 unspecified atom stereocenters. The van der Waals surface area contributed by atoms with E-state index in [1.165, 1.54) is 0 Å². The second kappa shape index (κ2) is 47.1. The molecular weight excluding hydrogens is 1310 g/mol. The van der Waals surface area contributed by atoms with Crippen molar-refractivity contribution in [2.24, 2.45) is 80.1 Å². The second-order valence-corrected chi connectivity index (χ2v) is 26.2. The Morgan fingerprint density at radius 3 is 1.03 bits per heavy atom. The predicted molar refractivity (Wildman–Crippen MR) is 370 cm³/mol. The lowest BCUT2D eigenvalue weighted by Crippen LogP contribution is -2.62. The number of guanidine groups is 2. The first-order chi connectivity index (χ1) is 46.7. The number of hydrogen-bond donors (Lipinski definition) is 21. The molecule has 13 amide bonds. The summed E-state index contributed by atoms with van der Waals surface area (Å²) in [4.78, 5) is 197. The van der Waals surface area contributed by atoms with Crippen molar-refractivity contribution in [1.29, 1.82) is 0 Å². The number of aliphatic imine (C=N–C) groups is 2. The van der Waals surface area contributed by atoms with Gasteiger partial charge >= 0.3 is 5.97 Å². The minimum atomic E-state index is -1.65. The molecule has 0 aliphatic carbocycles. The van der Waals surface area contributed by atoms with Crippen molar-refractivity contribution in [2.75, 3.05) is 45.9 Å². The van der Waals surface area contributed by atoms with Crippen LogP contribution in [0.5, 0.6) is 0 Å². The van der Waals surface area contributed by atoms with Crippen molar-refractivity contribution in [3.05, 3.63) is 0 Å². The van der Waals surface area contributed by atoms with Crippen LogP contribution in [0.25, 0.3) is 0 Å². The molecule has 26 N–H and O–H groups in total. The monoisotopic (exact) mass is 1420 g/mol. The quantitative estimate of drug-likeness (QED) is 0.0153. The Morgan fingerprint density at radius 2 is 0.660 bits per heavy atom. The maximum Gasteiger partial charge on any atom is 0.326 e. The number of aliphatic hydroxyl groups excluding tert-OH is 2. The van der Waals surface area contributed by atoms with Crippen LogP contribution in [0.1, 0.15) is 148 Å². The average molecular weight is 1430 g/mol. The van der Waals surface area contributed by atoms with Crippen molar-refractivity contribution < 1.29 is 82.4 Å². The number of carboxylic acid groups (broad SMARTS) is 1. The maximum atomic E-state index is 14.5. The zero-order valence-electron chi connectivity index (χ0n) is 60.3. The van der Waals surface area contributed by atoms with Crippen molar-refractivity contribution in [3.63, 3.8) is 0 Å². The number of rotatable bonds is 48. The molecule has 0 aliphatic heterocycles. The van der Waals surface area contributed by atoms with Gasteiger partial charge in [0.1, 0.15) is 66.5 Å². The Labute approximate surface area is 585 Å². The van der Waals surface area contributed by atoms with E-state index in [9.17, 15) is 82.4 Å². The third kappa shape index (κ3) is 33.7. The summed E-state index contributed by atoms with van der Waals surface area (Å²) in [7, 11) is 0. The first-order valence-electron chi connectivity index (χ1n) is 33.9. The van der Waals surface area contributed by atoms with Crippen LogP contribution in [0, 0.1) is 41.4 Å². The van der Waals surface area contributed by atoms with Crippen molar-refractivity contribution in [1.82, 2.24) is 69.1 Å². The molecule has 0 fully saturated rings. The molecule has 0 bridgehead atoms. The van der Waals surface area contributed by atoms with Crippen LogP contribution < -0.4 is 97.8 Å². The Morgan fingerprint density at radius 1 is 0.360 bits per heavy atom. The number of carbonyl (C=O) groups excluding carboxylic acids is 13. The number of nitrogens with one attached hydrogen (secondary N) is 13. The van der Waals surface area contributed by atoms with Gasteiger partial charge in [0.05, 0.1) is 32.8 Å². The summed E-state index contributed by atoms with van der Waals surface area (Å²) in [5.41, 5.74) is 27.0. The summed E-state index contributed by atoms with van der Waals surface area (Å²) in [6, 6.07) is -15.0. The molecular formula is C63H116N20O17. The zero-order chi connectivity index (χ0) is 76.8. The lowest BCUT2D eigenvalue weighted by Gasteiger charge is -2.31. The molecule has 0 aromatic rings. The molecule has 0 saturated carbocycles. The Kier molecular flexibility index (Phi) is 42.9. The summed E-state index contributed by atoms with van der Waals surface area (Å²) in [6.45, 7) is 19.9. The van der Waals surface area contributed by atoms with Crippen LogP contribution in [0.3, 0.4) is 0 Å². The smallest absolute Gasteiger partial charge is 0.326 e. The lowest BCUT2D eigenvalue weighted by molar-refractivity contribution is -0.142. The standard InChI is InChI=1S/C63H116N20O17/c1-15-34(12)48(58(96)76-39(24-30(4)5)53(91)77-40(28-84)51(89)71-26-44(88)74-38(61(99)100)21-19-23-70-63(67)68)83-60(98)49(35(13)16-2)81-52(90)37(20-18-22-69-62(65)66)73-43(87)27-72-55(93)45(31(6)7)79-59(97)50(36(14)17-3)82-57(95)47(33(10)11)80-56(94)46(32(8)9)78-54(92)41(29-85)75-42(86)25-64/h30-41,45-50,84-85H,15-29,64H2,1-14H3,(H,71,89)(H,72,93)(H,73,87)(H,74,88)(H,75,86)(H,76,96)(H,77,91)(H,78,92)(H,79,97)(H,80,94)(H,81,90)(H,82,95)(H,83,98)(H,99,100)(H4,65,66,69)(H4,67,68,70)/t34-,35-,36-,37-,38-,39-,40-,41-,45-,46-,47-,48-,49-,50-/m0/s1. The number of aliphatic carboxylic acids is 1. The molecule has 0 spiro atoms. The number of aliphatic hydroxyl groups is 2. The van der Waals surface area contributed by atoms with Crippen LogP contribution >= 0.6 is 0 Å². The Balaban J connectivity index is 6.61. The van der Waals surface area contributed by atoms with Gasteiger partial charge in [-0.2, -0.15) is 0 Å². The van der Waals surface area contributed by atoms with Gasteiger partial charge in [0.2, 0.25) is 76.8 Å². The zero-order valence-corrected chi connectivity index (χ0v) is 60.3. The van der Waals surface area contributed by atoms with Crippen molar-refractivity contribution in [3.8, 4) is 0 Å². The SMILES string of the molecule is CC[C@H](C)[C@H](NC(=O)[C@H](CCCN=C(N)N)NC(=O)CNC(=O)[C@@H](NC(=O)[C@@H](NC(=O)[C@@H](NC(=O)[C@@H](NC(=O)[C@H](CO)NC(=O)CN)C(C)C)C(C)C)[C@@H](C)CC)C(C)C)C(=O)N[C@H](C(=O)N[C@@H](CC(C)C)C(=O)N[C@@H](CO)C(=O)NCC(=O)N[C@@H](CCCN=C(N)N)C(=O)O)[C@@H](C)CC. The van der Waals surface area contributed by atoms with E-state index in [1.807, 2.05) is 0 Å². The van der Waals surface area contributed by atoms with Gasteiger partial charge in [0.25, 0.3) is 0 Å². The summed E-state index contributed by atoms with van der Waals surface area (Å²) in [5.74, 6) is -16.6. The van der Waals surface area contributed by atoms with Gasteiger partial charge in [-0.05, 0) is 73.5 Å². The molecule has 0 aromatic heterocycles. The van der Waals surface area contributed by atoms with Crippen LogP contribution in [0.4, 0.5) is 0 Å². The maximum absolute atomic E-state index is 14.5. The molecule has 0 rings (SSSR count). The van der Waals surface area contributed by atoms with E-state index in [2.05, 4.69) is 79.1 Å². The van der Waals surface area contributed by atoms with E-state index < -0.39 is 218 Å². The topological polar surface area (TPSA) is 611 Å². The fraction of sp³-hybridized carbons (Fsp3) is 0.746. The third-order valence-electron chi connectivity index (χ3n) is 16.3. The molecule has 0 radical (unpaired) electrons. The highest BCUT2D eigenvalue weighted by molar-refractivity contribution is 5.99. The first kappa shape index (κ1) is 91.0. The van der Waals surface area contributed by atoms with Crippen LogP contribution in [-0.2, 0) is 67.1 Å². The number of carbonyl (C=O) groups is 14. The molecule has 0 aliphatic rings. The van der Waals surface area contributed by atoms with Crippen molar-refractivity contribution in [2.45, 2.75) is 215 Å². The average Bonchev–Trinajstić information content (AvgIpc) is 0.849. The highest BCUT2D eigenvalue weighted by atomic mass is 16.4. The molecule has 100 heavy (non-hydrogen) atoms. The van der Waals surface area contributed by atoms with Gasteiger partial charge < -0.3 is 113 Å². The Bertz CT molecular complexity index is 2780. The summed E-state index contributed by atoms with van der Waals surface area (Å²) >= 11 is 0. The van der Waals surface area contributed by atoms with E-state index >= 15 is 0 Å². The van der Waals surface area contributed by atoms with E-state index in [1.54, 1.807) is 96.9 Å². The third-order valence-corrected chi connectivity index (χ3v) is 16.3. The second-order valence-electron chi connectivity index (χ2n) is 26.2. The molecule has 37 heteroatoms. The van der Waals surface area contributed by atoms with Gasteiger partial charge in [-0.3, -0.25) is 72.3 Å². The fourth-order valence-electron chi connectivity index (χ4n) is 9.66. The van der Waals surface area contributed by atoms with E-state index in [4.69, 9.17) is 28.7 Å². The summed E-state index contributed by atoms with van der Waals surface area (Å²) in [5, 5.41) is 62.3. The number of hydrogen-bond acceptors (Lipinski definition) is 19. The summed E-state index contributed by atoms with van der Waals surface area (Å²) < 4.78 is 0. The molecule has 0 heterocycles. The Hall–Kier alpha value is -9.00. The lowest BCUT2D eigenvalue weighted by atomic mass is 9.94. The predicted octanol–water partition coefficient (Wildman–Crippen LogP) is -6.16. The van der Waals surface area contributed by atoms with Crippen LogP contribution in [-0.4, -0.2) is 222 Å². The summed E-state index contributed by atoms with van der Waals surface area (Å²) in [6.07, 6.45) is 1.12. The first-order valence-corrected chi connectivity index (χ1v) is 33.9. The van der Waals surface area contributed by atoms with Gasteiger partial charge in [-0.1, -0.05) is 116 Å². The molecule has 37 nitrogen and oxygen atoms in total. The largest absolute Gasteiger partial charge is 0.480 e. The van der Waals surface area contributed by atoms with E-state index in [0.29, 0.717) is 19.3 Å². The normalized spacial score (nSPS) is 15.4. The number of nitrogens with zero attached hydrogens (tertiary/aromatic N) is 2. The highest BCUT2D eigenvalue weighted by Crippen LogP contribution is 2.17. The molecule has 14 atom stereocenters. The van der Waals surface area contributed by atoms with E-state index in [0.717, 1.165) is 0 Å². The van der Waals surface area contributed by atoms with E-state index in [-0.39, 0.29) is 63.0 Å². The van der Waals surface area contributed by atoms with Crippen LogP contribution in [0.15, 0.2) is 9.98 Å².